The molecule has 0 atom stereocenters. The maximum absolute atomic E-state index is 8.01. The molecule has 120 valence electrons. The van der Waals surface area contributed by atoms with Gasteiger partial charge >= 0.3 is 0 Å². The van der Waals surface area contributed by atoms with Gasteiger partial charge in [-0.25, -0.2) is 4.99 Å². The molecule has 0 unspecified atom stereocenters. The summed E-state index contributed by atoms with van der Waals surface area (Å²) < 4.78 is 0. The van der Waals surface area contributed by atoms with E-state index in [4.69, 9.17) is 16.6 Å². The molecule has 0 aliphatic carbocycles. The molecule has 6 nitrogen and oxygen atoms in total. The molecule has 0 bridgehead atoms. The summed E-state index contributed by atoms with van der Waals surface area (Å²) in [5, 5.41) is 21.8. The SMILES string of the molecule is C=CCN/C(=C/C(=C)Nc1ccc(C)cc1)C(=N)C(=N)/N=C\N. The van der Waals surface area contributed by atoms with Gasteiger partial charge in [0.15, 0.2) is 5.84 Å². The van der Waals surface area contributed by atoms with Gasteiger partial charge < -0.3 is 16.4 Å². The Balaban J connectivity index is 2.91. The van der Waals surface area contributed by atoms with E-state index in [0.717, 1.165) is 12.0 Å². The Kier molecular flexibility index (Phi) is 7.00. The van der Waals surface area contributed by atoms with Crippen LogP contribution in [0, 0.1) is 17.7 Å². The van der Waals surface area contributed by atoms with Crippen molar-refractivity contribution in [2.24, 2.45) is 10.7 Å². The van der Waals surface area contributed by atoms with Gasteiger partial charge in [0.05, 0.1) is 12.0 Å². The first-order valence-electron chi connectivity index (χ1n) is 6.99. The monoisotopic (exact) mass is 310 g/mol. The zero-order valence-electron chi connectivity index (χ0n) is 13.2. The molecule has 0 spiro atoms. The van der Waals surface area contributed by atoms with Crippen molar-refractivity contribution in [2.45, 2.75) is 6.92 Å². The van der Waals surface area contributed by atoms with Gasteiger partial charge in [-0.15, -0.1) is 6.58 Å². The average Bonchev–Trinajstić information content (AvgIpc) is 2.53. The molecular formula is C17H22N6. The van der Waals surface area contributed by atoms with Crippen LogP contribution in [0.2, 0.25) is 0 Å². The Morgan fingerprint density at radius 2 is 1.96 bits per heavy atom. The number of allylic oxidation sites excluding steroid dienone is 1. The molecule has 0 aliphatic heterocycles. The first kappa shape index (κ1) is 17.9. The van der Waals surface area contributed by atoms with Crippen LogP contribution in [0.25, 0.3) is 0 Å². The third kappa shape index (κ3) is 6.01. The van der Waals surface area contributed by atoms with Crippen LogP contribution in [0.4, 0.5) is 5.69 Å². The fraction of sp³-hybridized carbons (Fsp3) is 0.118. The van der Waals surface area contributed by atoms with E-state index in [1.54, 1.807) is 12.2 Å². The van der Waals surface area contributed by atoms with Gasteiger partial charge in [-0.05, 0) is 25.1 Å². The highest BCUT2D eigenvalue weighted by Gasteiger charge is 2.10. The summed E-state index contributed by atoms with van der Waals surface area (Å²) in [6.07, 6.45) is 4.29. The van der Waals surface area contributed by atoms with Crippen molar-refractivity contribution in [3.8, 4) is 0 Å². The van der Waals surface area contributed by atoms with Crippen LogP contribution in [-0.2, 0) is 0 Å². The van der Waals surface area contributed by atoms with Crippen LogP contribution in [0.5, 0.6) is 0 Å². The second-order valence-corrected chi connectivity index (χ2v) is 4.75. The molecule has 0 heterocycles. The topological polar surface area (TPSA) is 110 Å². The maximum atomic E-state index is 8.01. The van der Waals surface area contributed by atoms with Crippen molar-refractivity contribution in [3.63, 3.8) is 0 Å². The van der Waals surface area contributed by atoms with Gasteiger partial charge in [0, 0.05) is 17.9 Å². The second-order valence-electron chi connectivity index (χ2n) is 4.75. The van der Waals surface area contributed by atoms with Crippen LogP contribution < -0.4 is 16.4 Å². The van der Waals surface area contributed by atoms with E-state index in [-0.39, 0.29) is 11.5 Å². The lowest BCUT2D eigenvalue weighted by Gasteiger charge is -2.12. The van der Waals surface area contributed by atoms with Gasteiger partial charge in [-0.3, -0.25) is 10.8 Å². The van der Waals surface area contributed by atoms with Crippen LogP contribution in [0.3, 0.4) is 0 Å². The predicted octanol–water partition coefficient (Wildman–Crippen LogP) is 2.56. The normalized spacial score (nSPS) is 11.1. The van der Waals surface area contributed by atoms with E-state index >= 15 is 0 Å². The smallest absolute Gasteiger partial charge is 0.173 e. The van der Waals surface area contributed by atoms with Crippen molar-refractivity contribution in [1.82, 2.24) is 5.32 Å². The first-order valence-corrected chi connectivity index (χ1v) is 6.99. The van der Waals surface area contributed by atoms with Crippen LogP contribution in [0.1, 0.15) is 5.56 Å². The number of hydrogen-bond donors (Lipinski definition) is 5. The van der Waals surface area contributed by atoms with Crippen molar-refractivity contribution in [1.29, 1.82) is 10.8 Å². The molecule has 6 N–H and O–H groups in total. The number of nitrogens with one attached hydrogen (secondary N) is 4. The van der Waals surface area contributed by atoms with Crippen molar-refractivity contribution in [2.75, 3.05) is 11.9 Å². The van der Waals surface area contributed by atoms with Crippen LogP contribution in [0.15, 0.2) is 66.0 Å². The fourth-order valence-electron chi connectivity index (χ4n) is 1.69. The molecule has 1 aromatic rings. The zero-order valence-corrected chi connectivity index (χ0v) is 13.2. The Morgan fingerprint density at radius 3 is 2.52 bits per heavy atom. The van der Waals surface area contributed by atoms with Crippen molar-refractivity contribution < 1.29 is 0 Å². The zero-order chi connectivity index (χ0) is 17.2. The number of aliphatic imine (C=N–C) groups is 1. The number of benzene rings is 1. The lowest BCUT2D eigenvalue weighted by Crippen LogP contribution is -2.25. The van der Waals surface area contributed by atoms with Crippen LogP contribution >= 0.6 is 0 Å². The molecule has 23 heavy (non-hydrogen) atoms. The highest BCUT2D eigenvalue weighted by Crippen LogP contribution is 2.12. The predicted molar refractivity (Wildman–Crippen MR) is 98.4 cm³/mol. The highest BCUT2D eigenvalue weighted by atomic mass is 14.9. The van der Waals surface area contributed by atoms with E-state index in [0.29, 0.717) is 17.9 Å². The molecule has 1 rings (SSSR count). The van der Waals surface area contributed by atoms with Gasteiger partial charge in [-0.2, -0.15) is 0 Å². The number of amidine groups is 1. The minimum Gasteiger partial charge on any atom is -0.390 e. The molecule has 0 radical (unpaired) electrons. The molecule has 0 aromatic heterocycles. The minimum atomic E-state index is -0.238. The summed E-state index contributed by atoms with van der Waals surface area (Å²) in [7, 11) is 0. The lowest BCUT2D eigenvalue weighted by molar-refractivity contribution is 0.948. The number of nitrogens with zero attached hydrogens (tertiary/aromatic N) is 1. The largest absolute Gasteiger partial charge is 0.390 e. The minimum absolute atomic E-state index is 0.0830. The summed E-state index contributed by atoms with van der Waals surface area (Å²) in [5.41, 5.74) is 8.13. The van der Waals surface area contributed by atoms with E-state index < -0.39 is 0 Å². The van der Waals surface area contributed by atoms with Crippen molar-refractivity contribution in [3.05, 3.63) is 66.5 Å². The van der Waals surface area contributed by atoms with Gasteiger partial charge in [0.2, 0.25) is 0 Å². The number of aryl methyl sites for hydroxylation is 1. The number of nitrogens with two attached hydrogens (primary N) is 1. The molecule has 1 aromatic carbocycles. The summed E-state index contributed by atoms with van der Waals surface area (Å²) in [6.45, 7) is 10.0. The van der Waals surface area contributed by atoms with E-state index in [9.17, 15) is 0 Å². The van der Waals surface area contributed by atoms with E-state index in [1.807, 2.05) is 31.2 Å². The Morgan fingerprint density at radius 1 is 1.30 bits per heavy atom. The lowest BCUT2D eigenvalue weighted by atomic mass is 10.2. The third-order valence-corrected chi connectivity index (χ3v) is 2.82. The first-order chi connectivity index (χ1) is 11.0. The third-order valence-electron chi connectivity index (χ3n) is 2.82. The molecular weight excluding hydrogens is 288 g/mol. The Hall–Kier alpha value is -3.15. The average molecular weight is 310 g/mol. The van der Waals surface area contributed by atoms with Gasteiger partial charge in [0.1, 0.15) is 5.71 Å². The van der Waals surface area contributed by atoms with Crippen molar-refractivity contribution >= 4 is 23.6 Å². The Labute approximate surface area is 136 Å². The maximum Gasteiger partial charge on any atom is 0.173 e. The molecule has 0 saturated heterocycles. The number of anilines is 1. The molecule has 0 aliphatic rings. The number of hydrogen-bond acceptors (Lipinski definition) is 4. The second kappa shape index (κ2) is 8.99. The summed E-state index contributed by atoms with van der Waals surface area (Å²) >= 11 is 0. The molecule has 0 fully saturated rings. The quantitative estimate of drug-likeness (QED) is 0.220. The molecule has 0 amide bonds. The molecule has 0 saturated carbocycles. The Bertz CT molecular complexity index is 652. The molecule has 6 heteroatoms. The van der Waals surface area contributed by atoms with Gasteiger partial charge in [0.25, 0.3) is 0 Å². The highest BCUT2D eigenvalue weighted by molar-refractivity contribution is 6.46. The summed E-state index contributed by atoms with van der Waals surface area (Å²) in [4.78, 5) is 3.61. The van der Waals surface area contributed by atoms with E-state index in [2.05, 4.69) is 28.8 Å². The number of rotatable bonds is 8. The van der Waals surface area contributed by atoms with E-state index in [1.165, 1.54) is 5.56 Å². The van der Waals surface area contributed by atoms with Crippen LogP contribution in [-0.4, -0.2) is 24.4 Å². The van der Waals surface area contributed by atoms with Gasteiger partial charge in [-0.1, -0.05) is 30.4 Å². The standard InChI is InChI=1S/C17H22N6/c1-4-9-21-15(16(19)17(20)22-11-18)10-13(3)23-14-7-5-12(2)6-8-14/h4-8,10-11,19,21,23H,1,3,9H2,2H3,(H3,18,20,22)/b15-10+,19-16?. The summed E-state index contributed by atoms with van der Waals surface area (Å²) in [6, 6.07) is 7.86. The summed E-state index contributed by atoms with van der Waals surface area (Å²) in [5.74, 6) is -0.238. The fourth-order valence-corrected chi connectivity index (χ4v) is 1.69.